The first-order chi connectivity index (χ1) is 13.7. The van der Waals surface area contributed by atoms with E-state index in [0.717, 1.165) is 33.2 Å². The second kappa shape index (κ2) is 7.79. The largest absolute Gasteiger partial charge is 0.251 e. The van der Waals surface area contributed by atoms with E-state index in [2.05, 4.69) is 86.6 Å². The zero-order chi connectivity index (χ0) is 19.1. The molecule has 0 fully saturated rings. The van der Waals surface area contributed by atoms with Gasteiger partial charge in [0, 0.05) is 39.2 Å². The molecule has 5 rings (SSSR count). The fourth-order valence-corrected chi connectivity index (χ4v) is 3.94. The second-order valence-corrected chi connectivity index (χ2v) is 7.21. The van der Waals surface area contributed by atoms with Gasteiger partial charge in [0.1, 0.15) is 0 Å². The van der Waals surface area contributed by atoms with Gasteiger partial charge < -0.3 is 0 Å². The van der Waals surface area contributed by atoms with E-state index in [1.54, 1.807) is 0 Å². The van der Waals surface area contributed by atoms with Gasteiger partial charge in [-0.15, -0.1) is 0 Å². The molecule has 2 nitrogen and oxygen atoms in total. The molecule has 0 spiro atoms. The molecule has 3 aromatic carbocycles. The maximum Gasteiger partial charge on any atom is 0.0974 e. The van der Waals surface area contributed by atoms with Gasteiger partial charge in [-0.05, 0) is 48.2 Å². The van der Waals surface area contributed by atoms with Crippen molar-refractivity contribution >= 4 is 21.8 Å². The number of aryl methyl sites for hydroxylation is 2. The van der Waals surface area contributed by atoms with Crippen molar-refractivity contribution in [2.24, 2.45) is 0 Å². The summed E-state index contributed by atoms with van der Waals surface area (Å²) in [5.74, 6) is 0. The van der Waals surface area contributed by atoms with Crippen LogP contribution in [-0.2, 0) is 17.1 Å². The molecule has 0 saturated carbocycles. The first-order valence-electron chi connectivity index (χ1n) is 9.53. The van der Waals surface area contributed by atoms with E-state index in [9.17, 15) is 0 Å². The van der Waals surface area contributed by atoms with Crippen LogP contribution in [0.25, 0.3) is 44.1 Å². The molecule has 29 heavy (non-hydrogen) atoms. The number of aromatic nitrogens is 2. The van der Waals surface area contributed by atoms with Crippen molar-refractivity contribution < 1.29 is 17.1 Å². The van der Waals surface area contributed by atoms with Crippen LogP contribution in [0, 0.1) is 13.8 Å². The topological polar surface area (TPSA) is 25.8 Å². The molecule has 0 aliphatic heterocycles. The minimum absolute atomic E-state index is 0. The normalized spacial score (nSPS) is 10.8. The predicted molar refractivity (Wildman–Crippen MR) is 117 cm³/mol. The molecule has 0 aliphatic rings. The average molecular weight is 424 g/mol. The number of hydrogen-bond donors (Lipinski definition) is 0. The molecule has 145 valence electrons. The summed E-state index contributed by atoms with van der Waals surface area (Å²) >= 11 is 0. The van der Waals surface area contributed by atoms with Crippen LogP contribution in [0.15, 0.2) is 84.9 Å². The Morgan fingerprint density at radius 1 is 0.517 bits per heavy atom. The molecule has 1 radical (unpaired) electrons. The number of nitrogens with zero attached hydrogens (tertiary/aromatic N) is 2. The Morgan fingerprint density at radius 3 is 1.28 bits per heavy atom. The van der Waals surface area contributed by atoms with Gasteiger partial charge in [0.15, 0.2) is 0 Å². The van der Waals surface area contributed by atoms with Crippen LogP contribution < -0.4 is 0 Å². The van der Waals surface area contributed by atoms with Gasteiger partial charge in [-0.2, -0.15) is 0 Å². The molecule has 0 amide bonds. The molecule has 3 heteroatoms. The van der Waals surface area contributed by atoms with Crippen molar-refractivity contribution in [3.63, 3.8) is 0 Å². The van der Waals surface area contributed by atoms with Crippen LogP contribution in [0.5, 0.6) is 0 Å². The second-order valence-electron chi connectivity index (χ2n) is 7.21. The fraction of sp³-hybridized carbons (Fsp3) is 0.0769. The average Bonchev–Trinajstić information content (AvgIpc) is 2.74. The Bertz CT molecular complexity index is 1210. The summed E-state index contributed by atoms with van der Waals surface area (Å²) in [6, 6.07) is 29.7. The van der Waals surface area contributed by atoms with Crippen molar-refractivity contribution in [1.82, 2.24) is 9.97 Å². The minimum Gasteiger partial charge on any atom is -0.251 e. The van der Waals surface area contributed by atoms with Crippen LogP contribution >= 0.6 is 0 Å². The number of pyridine rings is 2. The zero-order valence-corrected chi connectivity index (χ0v) is 17.2. The van der Waals surface area contributed by atoms with Gasteiger partial charge in [0.2, 0.25) is 0 Å². The van der Waals surface area contributed by atoms with Crippen molar-refractivity contribution in [2.75, 3.05) is 0 Å². The van der Waals surface area contributed by atoms with Crippen molar-refractivity contribution in [2.45, 2.75) is 13.8 Å². The van der Waals surface area contributed by atoms with Crippen molar-refractivity contribution in [3.05, 3.63) is 96.3 Å². The summed E-state index contributed by atoms with van der Waals surface area (Å²) in [6.07, 6.45) is 0. The summed E-state index contributed by atoms with van der Waals surface area (Å²) in [5, 5.41) is 2.28. The molecule has 0 aliphatic carbocycles. The van der Waals surface area contributed by atoms with Gasteiger partial charge in [0.25, 0.3) is 0 Å². The zero-order valence-electron chi connectivity index (χ0n) is 16.3. The smallest absolute Gasteiger partial charge is 0.0974 e. The van der Waals surface area contributed by atoms with Crippen molar-refractivity contribution in [1.29, 1.82) is 0 Å². The van der Waals surface area contributed by atoms with Crippen LogP contribution in [0.4, 0.5) is 0 Å². The maximum atomic E-state index is 4.90. The standard InChI is InChI=1S/C26H20N2.Cu/c1-17-15-23(19-9-5-3-6-10-19)21-13-14-22-24(20-11-7-4-8-12-20)16-18(2)28-26(22)25(21)27-17;/h3-16H,1-2H3;. The Morgan fingerprint density at radius 2 is 0.897 bits per heavy atom. The number of rotatable bonds is 2. The summed E-state index contributed by atoms with van der Waals surface area (Å²) < 4.78 is 0. The first kappa shape index (κ1) is 19.3. The molecule has 0 saturated heterocycles. The SMILES string of the molecule is Cc1cc(-c2ccccc2)c2ccc3c(-c4ccccc4)cc(C)nc3c2n1.[Cu]. The Balaban J connectivity index is 0.00000205. The summed E-state index contributed by atoms with van der Waals surface area (Å²) in [7, 11) is 0. The molecule has 5 aromatic rings. The first-order valence-corrected chi connectivity index (χ1v) is 9.53. The number of hydrogen-bond acceptors (Lipinski definition) is 2. The third kappa shape index (κ3) is 3.44. The monoisotopic (exact) mass is 423 g/mol. The molecule has 0 N–H and O–H groups in total. The van der Waals surface area contributed by atoms with Crippen LogP contribution in [0.1, 0.15) is 11.4 Å². The maximum absolute atomic E-state index is 4.90. The van der Waals surface area contributed by atoms with Gasteiger partial charge >= 0.3 is 0 Å². The third-order valence-corrected chi connectivity index (χ3v) is 5.18. The van der Waals surface area contributed by atoms with E-state index in [-0.39, 0.29) is 17.1 Å². The molecular weight excluding hydrogens is 404 g/mol. The third-order valence-electron chi connectivity index (χ3n) is 5.18. The Labute approximate surface area is 181 Å². The Hall–Kier alpha value is -3.00. The van der Waals surface area contributed by atoms with Crippen LogP contribution in [0.3, 0.4) is 0 Å². The number of fused-ring (bicyclic) bond motifs is 3. The Kier molecular flexibility index (Phi) is 5.19. The molecule has 0 bridgehead atoms. The van der Waals surface area contributed by atoms with Gasteiger partial charge in [-0.1, -0.05) is 72.8 Å². The van der Waals surface area contributed by atoms with Gasteiger partial charge in [0.05, 0.1) is 11.0 Å². The van der Waals surface area contributed by atoms with E-state index in [1.165, 1.54) is 22.3 Å². The molecular formula is C26H20CuN2. The van der Waals surface area contributed by atoms with Gasteiger partial charge in [-0.25, -0.2) is 0 Å². The van der Waals surface area contributed by atoms with Crippen LogP contribution in [0.2, 0.25) is 0 Å². The molecule has 2 aromatic heterocycles. The minimum atomic E-state index is 0. The van der Waals surface area contributed by atoms with E-state index in [4.69, 9.17) is 9.97 Å². The van der Waals surface area contributed by atoms with E-state index >= 15 is 0 Å². The number of benzene rings is 3. The quantitative estimate of drug-likeness (QED) is 0.232. The summed E-state index contributed by atoms with van der Waals surface area (Å²) in [6.45, 7) is 4.11. The van der Waals surface area contributed by atoms with E-state index < -0.39 is 0 Å². The van der Waals surface area contributed by atoms with E-state index in [1.807, 2.05) is 12.1 Å². The molecule has 0 unspecified atom stereocenters. The van der Waals surface area contributed by atoms with Gasteiger partial charge in [-0.3, -0.25) is 9.97 Å². The van der Waals surface area contributed by atoms with Crippen LogP contribution in [-0.4, -0.2) is 9.97 Å². The summed E-state index contributed by atoms with van der Waals surface area (Å²) in [5.41, 5.74) is 8.76. The molecule has 0 atom stereocenters. The fourth-order valence-electron chi connectivity index (χ4n) is 3.94. The van der Waals surface area contributed by atoms with E-state index in [0.29, 0.717) is 0 Å². The summed E-state index contributed by atoms with van der Waals surface area (Å²) in [4.78, 5) is 9.81. The van der Waals surface area contributed by atoms with Crippen molar-refractivity contribution in [3.8, 4) is 22.3 Å². The predicted octanol–water partition coefficient (Wildman–Crippen LogP) is 6.73. The molecule has 2 heterocycles.